The monoisotopic (exact) mass is 247 g/mol. The molecule has 18 heavy (non-hydrogen) atoms. The highest BCUT2D eigenvalue weighted by Gasteiger charge is 2.27. The molecule has 1 aromatic rings. The minimum Gasteiger partial charge on any atom is -0.465 e. The molecule has 0 aliphatic carbocycles. The predicted octanol–water partition coefficient (Wildman–Crippen LogP) is 2.18. The van der Waals surface area contributed by atoms with Gasteiger partial charge in [0.1, 0.15) is 0 Å². The summed E-state index contributed by atoms with van der Waals surface area (Å²) in [5, 5.41) is 9.23. The highest BCUT2D eigenvalue weighted by atomic mass is 16.5. The lowest BCUT2D eigenvalue weighted by molar-refractivity contribution is 0.0983. The van der Waals surface area contributed by atoms with Crippen LogP contribution in [-0.4, -0.2) is 23.5 Å². The van der Waals surface area contributed by atoms with Crippen molar-refractivity contribution >= 4 is 17.6 Å². The third-order valence-electron chi connectivity index (χ3n) is 3.44. The Morgan fingerprint density at radius 3 is 2.72 bits per heavy atom. The second-order valence-electron chi connectivity index (χ2n) is 4.59. The smallest absolute Gasteiger partial charge is 0.411 e. The van der Waals surface area contributed by atoms with E-state index in [0.717, 1.165) is 11.1 Å². The largest absolute Gasteiger partial charge is 0.465 e. The van der Waals surface area contributed by atoms with Crippen LogP contribution in [0.15, 0.2) is 12.1 Å². The van der Waals surface area contributed by atoms with Crippen LogP contribution in [0.2, 0.25) is 0 Å². The first-order valence-corrected chi connectivity index (χ1v) is 5.94. The van der Waals surface area contributed by atoms with Gasteiger partial charge < -0.3 is 9.84 Å². The fraction of sp³-hybridized carbons (Fsp3) is 0.385. The number of rotatable bonds is 0. The topological polar surface area (TPSA) is 66.8 Å². The molecular weight excluding hydrogens is 234 g/mol. The number of amides is 1. The number of ether oxygens (including phenoxy) is 1. The van der Waals surface area contributed by atoms with Gasteiger partial charge in [-0.1, -0.05) is 0 Å². The number of carbonyl (C=O) groups excluding carboxylic acids is 1. The molecule has 0 spiro atoms. The molecule has 1 aromatic carbocycles. The van der Waals surface area contributed by atoms with Crippen molar-refractivity contribution in [3.8, 4) is 0 Å². The second kappa shape index (κ2) is 4.10. The standard InChI is InChI=1S/C13H13NO4/c15-12-2-1-3-14(13(16)17)11-5-9-7-18-6-8(9)4-10(11)12/h4-5H,1-3,6-7H2,(H,16,17). The Kier molecular flexibility index (Phi) is 2.56. The number of anilines is 1. The maximum absolute atomic E-state index is 12.0. The van der Waals surface area contributed by atoms with E-state index < -0.39 is 6.09 Å². The van der Waals surface area contributed by atoms with E-state index in [1.165, 1.54) is 4.90 Å². The number of Topliss-reactive ketones (excluding diaryl/α,β-unsaturated/α-hetero) is 1. The fourth-order valence-corrected chi connectivity index (χ4v) is 2.51. The third kappa shape index (κ3) is 1.67. The summed E-state index contributed by atoms with van der Waals surface area (Å²) in [7, 11) is 0. The predicted molar refractivity (Wildman–Crippen MR) is 63.9 cm³/mol. The lowest BCUT2D eigenvalue weighted by Gasteiger charge is -2.19. The van der Waals surface area contributed by atoms with Crippen molar-refractivity contribution < 1.29 is 19.4 Å². The number of hydrogen-bond acceptors (Lipinski definition) is 3. The second-order valence-corrected chi connectivity index (χ2v) is 4.59. The molecule has 2 aliphatic heterocycles. The van der Waals surface area contributed by atoms with Gasteiger partial charge in [0, 0.05) is 18.5 Å². The van der Waals surface area contributed by atoms with Gasteiger partial charge in [-0.3, -0.25) is 9.69 Å². The van der Waals surface area contributed by atoms with Gasteiger partial charge in [-0.15, -0.1) is 0 Å². The Morgan fingerprint density at radius 2 is 2.00 bits per heavy atom. The van der Waals surface area contributed by atoms with E-state index in [1.54, 1.807) is 12.1 Å². The van der Waals surface area contributed by atoms with Crippen LogP contribution in [0, 0.1) is 0 Å². The molecule has 0 saturated heterocycles. The summed E-state index contributed by atoms with van der Waals surface area (Å²) in [5.74, 6) is 0.0171. The van der Waals surface area contributed by atoms with Crippen molar-refractivity contribution in [3.05, 3.63) is 28.8 Å². The summed E-state index contributed by atoms with van der Waals surface area (Å²) >= 11 is 0. The fourth-order valence-electron chi connectivity index (χ4n) is 2.51. The Balaban J connectivity index is 2.17. The third-order valence-corrected chi connectivity index (χ3v) is 3.44. The highest BCUT2D eigenvalue weighted by Crippen LogP contribution is 2.32. The summed E-state index contributed by atoms with van der Waals surface area (Å²) in [5.41, 5.74) is 3.00. The molecule has 0 bridgehead atoms. The van der Waals surface area contributed by atoms with E-state index in [9.17, 15) is 14.7 Å². The summed E-state index contributed by atoms with van der Waals surface area (Å²) in [6.07, 6.45) is -0.0398. The number of benzene rings is 1. The van der Waals surface area contributed by atoms with E-state index in [0.29, 0.717) is 43.9 Å². The van der Waals surface area contributed by atoms with Crippen LogP contribution in [0.5, 0.6) is 0 Å². The molecular formula is C13H13NO4. The number of hydrogen-bond donors (Lipinski definition) is 1. The van der Waals surface area contributed by atoms with E-state index in [2.05, 4.69) is 0 Å². The summed E-state index contributed by atoms with van der Waals surface area (Å²) in [6.45, 7) is 1.36. The SMILES string of the molecule is O=C1CCCN(C(=O)O)c2cc3c(cc21)COC3. The van der Waals surface area contributed by atoms with Gasteiger partial charge in [0.2, 0.25) is 0 Å². The number of nitrogens with zero attached hydrogens (tertiary/aromatic N) is 1. The van der Waals surface area contributed by atoms with Crippen molar-refractivity contribution in [3.63, 3.8) is 0 Å². The zero-order valence-corrected chi connectivity index (χ0v) is 9.81. The van der Waals surface area contributed by atoms with Crippen LogP contribution >= 0.6 is 0 Å². The van der Waals surface area contributed by atoms with Crippen molar-refractivity contribution in [2.75, 3.05) is 11.4 Å². The van der Waals surface area contributed by atoms with Gasteiger partial charge in [-0.2, -0.15) is 0 Å². The van der Waals surface area contributed by atoms with E-state index in [-0.39, 0.29) is 5.78 Å². The molecule has 0 unspecified atom stereocenters. The quantitative estimate of drug-likeness (QED) is 0.763. The zero-order chi connectivity index (χ0) is 12.7. The molecule has 2 heterocycles. The molecule has 0 radical (unpaired) electrons. The van der Waals surface area contributed by atoms with Crippen LogP contribution in [-0.2, 0) is 18.0 Å². The van der Waals surface area contributed by atoms with Gasteiger partial charge in [0.15, 0.2) is 5.78 Å². The Bertz CT molecular complexity index is 538. The lowest BCUT2D eigenvalue weighted by Crippen LogP contribution is -2.30. The van der Waals surface area contributed by atoms with Gasteiger partial charge in [-0.25, -0.2) is 4.79 Å². The molecule has 0 fully saturated rings. The maximum atomic E-state index is 12.0. The van der Waals surface area contributed by atoms with Gasteiger partial charge in [0.05, 0.1) is 18.9 Å². The molecule has 0 atom stereocenters. The van der Waals surface area contributed by atoms with Gasteiger partial charge in [0.25, 0.3) is 0 Å². The Morgan fingerprint density at radius 1 is 1.28 bits per heavy atom. The van der Waals surface area contributed by atoms with E-state index >= 15 is 0 Å². The van der Waals surface area contributed by atoms with Gasteiger partial charge in [-0.05, 0) is 29.7 Å². The van der Waals surface area contributed by atoms with E-state index in [4.69, 9.17) is 4.74 Å². The highest BCUT2D eigenvalue weighted by molar-refractivity contribution is 6.05. The average molecular weight is 247 g/mol. The zero-order valence-electron chi connectivity index (χ0n) is 9.81. The number of carbonyl (C=O) groups is 2. The van der Waals surface area contributed by atoms with Crippen LogP contribution in [0.25, 0.3) is 0 Å². The maximum Gasteiger partial charge on any atom is 0.411 e. The van der Waals surface area contributed by atoms with Crippen molar-refractivity contribution in [1.82, 2.24) is 0 Å². The molecule has 1 amide bonds. The molecule has 0 aromatic heterocycles. The molecule has 5 heteroatoms. The van der Waals surface area contributed by atoms with Crippen molar-refractivity contribution in [2.24, 2.45) is 0 Å². The summed E-state index contributed by atoms with van der Waals surface area (Å²) in [6, 6.07) is 3.58. The molecule has 2 aliphatic rings. The van der Waals surface area contributed by atoms with E-state index in [1.807, 2.05) is 0 Å². The van der Waals surface area contributed by atoms with Crippen LogP contribution in [0.1, 0.15) is 34.3 Å². The molecule has 0 saturated carbocycles. The summed E-state index contributed by atoms with van der Waals surface area (Å²) < 4.78 is 5.32. The van der Waals surface area contributed by atoms with Gasteiger partial charge >= 0.3 is 6.09 Å². The Labute approximate surface area is 104 Å². The molecule has 5 nitrogen and oxygen atoms in total. The minimum absolute atomic E-state index is 0.0171. The van der Waals surface area contributed by atoms with Crippen molar-refractivity contribution in [2.45, 2.75) is 26.1 Å². The first kappa shape index (κ1) is 11.2. The minimum atomic E-state index is -1.01. The van der Waals surface area contributed by atoms with Crippen LogP contribution in [0.4, 0.5) is 10.5 Å². The number of ketones is 1. The van der Waals surface area contributed by atoms with Crippen LogP contribution in [0.3, 0.4) is 0 Å². The number of carboxylic acid groups (broad SMARTS) is 1. The van der Waals surface area contributed by atoms with Crippen LogP contribution < -0.4 is 4.90 Å². The normalized spacial score (nSPS) is 18.2. The average Bonchev–Trinajstić information content (AvgIpc) is 2.72. The lowest BCUT2D eigenvalue weighted by atomic mass is 10.00. The molecule has 3 rings (SSSR count). The molecule has 94 valence electrons. The first-order chi connectivity index (χ1) is 8.66. The number of fused-ring (bicyclic) bond motifs is 2. The summed E-state index contributed by atoms with van der Waals surface area (Å²) in [4.78, 5) is 24.5. The van der Waals surface area contributed by atoms with Crippen molar-refractivity contribution in [1.29, 1.82) is 0 Å². The Hall–Kier alpha value is -1.88. The molecule has 1 N–H and O–H groups in total. The first-order valence-electron chi connectivity index (χ1n) is 5.94.